The molecule has 0 amide bonds. The maximum atomic E-state index is 10.1. The van der Waals surface area contributed by atoms with Gasteiger partial charge in [0.25, 0.3) is 0 Å². The van der Waals surface area contributed by atoms with Crippen LogP contribution < -0.4 is 16.4 Å². The molecule has 1 aliphatic rings. The van der Waals surface area contributed by atoms with Crippen LogP contribution in [0, 0.1) is 5.41 Å². The molecule has 1 aromatic carbocycles. The highest BCUT2D eigenvalue weighted by atomic mass is 35.5. The molecule has 1 saturated heterocycles. The highest BCUT2D eigenvalue weighted by Crippen LogP contribution is 2.35. The molecule has 3 rings (SSSR count). The summed E-state index contributed by atoms with van der Waals surface area (Å²) in [7, 11) is 0. The van der Waals surface area contributed by atoms with Crippen molar-refractivity contribution in [3.8, 4) is 0 Å². The molecule has 0 aliphatic carbocycles. The Bertz CT molecular complexity index is 706. The second kappa shape index (κ2) is 6.83. The first-order valence-electron chi connectivity index (χ1n) is 8.00. The molecule has 1 aliphatic heterocycles. The fourth-order valence-corrected chi connectivity index (χ4v) is 3.66. The van der Waals surface area contributed by atoms with E-state index in [9.17, 15) is 5.11 Å². The van der Waals surface area contributed by atoms with Gasteiger partial charge >= 0.3 is 0 Å². The first-order valence-corrected chi connectivity index (χ1v) is 8.38. The number of nitrogens with two attached hydrogens (primary N) is 2. The number of nitrogen functional groups attached to an aromatic ring is 2. The minimum Gasteiger partial charge on any atom is -0.396 e. The molecule has 0 saturated carbocycles. The van der Waals surface area contributed by atoms with Crippen molar-refractivity contribution < 1.29 is 5.11 Å². The van der Waals surface area contributed by atoms with Crippen LogP contribution in [0.15, 0.2) is 30.3 Å². The zero-order valence-electron chi connectivity index (χ0n) is 13.5. The lowest BCUT2D eigenvalue weighted by molar-refractivity contribution is 0.105. The number of aromatic nitrogens is 2. The summed E-state index contributed by atoms with van der Waals surface area (Å²) in [4.78, 5) is 10.3. The van der Waals surface area contributed by atoms with Gasteiger partial charge in [-0.05, 0) is 37.0 Å². The van der Waals surface area contributed by atoms with Gasteiger partial charge in [-0.3, -0.25) is 0 Å². The summed E-state index contributed by atoms with van der Waals surface area (Å²) in [5, 5.41) is 10.8. The summed E-state index contributed by atoms with van der Waals surface area (Å²) in [5.74, 6) is 1.23. The summed E-state index contributed by atoms with van der Waals surface area (Å²) < 4.78 is 0. The molecule has 1 fully saturated rings. The number of aliphatic hydroxyl groups is 1. The Hall–Kier alpha value is -2.05. The predicted octanol–water partition coefficient (Wildman–Crippen LogP) is 2.12. The average molecular weight is 348 g/mol. The Balaban J connectivity index is 1.83. The van der Waals surface area contributed by atoms with Crippen LogP contribution in [0.2, 0.25) is 5.02 Å². The maximum absolute atomic E-state index is 10.1. The molecular weight excluding hydrogens is 326 g/mol. The third-order valence-corrected chi connectivity index (χ3v) is 4.77. The van der Waals surface area contributed by atoms with Gasteiger partial charge in [-0.15, -0.1) is 0 Å². The van der Waals surface area contributed by atoms with Crippen molar-refractivity contribution in [2.45, 2.75) is 19.3 Å². The second-order valence-corrected chi connectivity index (χ2v) is 6.94. The number of nitrogens with zero attached hydrogens (tertiary/aromatic N) is 3. The van der Waals surface area contributed by atoms with Gasteiger partial charge in [0, 0.05) is 29.6 Å². The summed E-state index contributed by atoms with van der Waals surface area (Å²) >= 11 is 6.09. The lowest BCUT2D eigenvalue weighted by Crippen LogP contribution is -2.47. The van der Waals surface area contributed by atoms with Crippen LogP contribution in [0.1, 0.15) is 18.4 Å². The third kappa shape index (κ3) is 3.71. The Morgan fingerprint density at radius 3 is 2.79 bits per heavy atom. The van der Waals surface area contributed by atoms with Crippen LogP contribution in [0.25, 0.3) is 0 Å². The van der Waals surface area contributed by atoms with Crippen LogP contribution in [0.5, 0.6) is 0 Å². The van der Waals surface area contributed by atoms with Gasteiger partial charge in [0.05, 0.1) is 6.61 Å². The van der Waals surface area contributed by atoms with Gasteiger partial charge in [0.2, 0.25) is 5.95 Å². The second-order valence-electron chi connectivity index (χ2n) is 6.50. The lowest BCUT2D eigenvalue weighted by atomic mass is 9.75. The molecule has 5 N–H and O–H groups in total. The van der Waals surface area contributed by atoms with E-state index in [1.54, 1.807) is 6.07 Å². The number of rotatable bonds is 4. The van der Waals surface area contributed by atoms with Crippen molar-refractivity contribution in [2.75, 3.05) is 36.1 Å². The largest absolute Gasteiger partial charge is 0.396 e. The van der Waals surface area contributed by atoms with Crippen molar-refractivity contribution in [2.24, 2.45) is 5.41 Å². The normalized spacial score (nSPS) is 21.0. The quantitative estimate of drug-likeness (QED) is 0.783. The number of hydrogen-bond donors (Lipinski definition) is 3. The van der Waals surface area contributed by atoms with Gasteiger partial charge in [0.15, 0.2) is 0 Å². The van der Waals surface area contributed by atoms with Crippen LogP contribution in [0.4, 0.5) is 17.6 Å². The van der Waals surface area contributed by atoms with Gasteiger partial charge in [-0.2, -0.15) is 9.97 Å². The van der Waals surface area contributed by atoms with Gasteiger partial charge in [-0.25, -0.2) is 0 Å². The van der Waals surface area contributed by atoms with E-state index in [1.807, 2.05) is 24.3 Å². The Kier molecular flexibility index (Phi) is 4.78. The molecule has 2 heterocycles. The average Bonchev–Trinajstić information content (AvgIpc) is 2.54. The van der Waals surface area contributed by atoms with E-state index < -0.39 is 0 Å². The minimum absolute atomic E-state index is 0.103. The van der Waals surface area contributed by atoms with Gasteiger partial charge in [-0.1, -0.05) is 23.7 Å². The number of piperidine rings is 1. The molecule has 7 heteroatoms. The first kappa shape index (κ1) is 16.8. The minimum atomic E-state index is -0.239. The molecule has 24 heavy (non-hydrogen) atoms. The van der Waals surface area contributed by atoms with Crippen LogP contribution in [0.3, 0.4) is 0 Å². The standard InChI is InChI=1S/C17H22ClN5O/c18-13-4-1-3-12(7-13)9-17(11-24)5-2-6-23(10-17)15-8-14(19)21-16(20)22-15/h1,3-4,7-8,24H,2,5-6,9-11H2,(H4,19,20,21,22)/t17-/m0/s1. The Morgan fingerprint density at radius 1 is 1.25 bits per heavy atom. The lowest BCUT2D eigenvalue weighted by Gasteiger charge is -2.42. The highest BCUT2D eigenvalue weighted by Gasteiger charge is 2.36. The van der Waals surface area contributed by atoms with E-state index in [-0.39, 0.29) is 18.0 Å². The number of aliphatic hydroxyl groups excluding tert-OH is 1. The molecule has 0 radical (unpaired) electrons. The van der Waals surface area contributed by atoms with E-state index in [0.29, 0.717) is 23.2 Å². The van der Waals surface area contributed by atoms with Crippen LogP contribution in [-0.2, 0) is 6.42 Å². The highest BCUT2D eigenvalue weighted by molar-refractivity contribution is 6.30. The van der Waals surface area contributed by atoms with E-state index in [0.717, 1.165) is 31.4 Å². The van der Waals surface area contributed by atoms with Gasteiger partial charge in [0.1, 0.15) is 11.6 Å². The Labute approximate surface area is 146 Å². The fraction of sp³-hybridized carbons (Fsp3) is 0.412. The molecule has 6 nitrogen and oxygen atoms in total. The van der Waals surface area contributed by atoms with Crippen LogP contribution in [-0.4, -0.2) is 34.8 Å². The molecule has 2 aromatic rings. The number of anilines is 3. The number of benzene rings is 1. The van der Waals surface area contributed by atoms with Crippen molar-refractivity contribution >= 4 is 29.2 Å². The molecule has 0 unspecified atom stereocenters. The molecule has 1 atom stereocenters. The van der Waals surface area contributed by atoms with E-state index in [1.165, 1.54) is 0 Å². The topological polar surface area (TPSA) is 101 Å². The summed E-state index contributed by atoms with van der Waals surface area (Å²) in [5.41, 5.74) is 12.4. The zero-order chi connectivity index (χ0) is 17.2. The van der Waals surface area contributed by atoms with Crippen LogP contribution >= 0.6 is 11.6 Å². The van der Waals surface area contributed by atoms with Crippen molar-refractivity contribution in [1.82, 2.24) is 9.97 Å². The molecule has 1 aromatic heterocycles. The van der Waals surface area contributed by atoms with Gasteiger partial charge < -0.3 is 21.5 Å². The molecule has 0 spiro atoms. The predicted molar refractivity (Wildman–Crippen MR) is 97.0 cm³/mol. The molecule has 128 valence electrons. The first-order chi connectivity index (χ1) is 11.5. The van der Waals surface area contributed by atoms with E-state index in [2.05, 4.69) is 14.9 Å². The zero-order valence-corrected chi connectivity index (χ0v) is 14.2. The maximum Gasteiger partial charge on any atom is 0.223 e. The summed E-state index contributed by atoms with van der Waals surface area (Å²) in [6.45, 7) is 1.64. The number of hydrogen-bond acceptors (Lipinski definition) is 6. The third-order valence-electron chi connectivity index (χ3n) is 4.54. The summed E-state index contributed by atoms with van der Waals surface area (Å²) in [6.07, 6.45) is 2.67. The van der Waals surface area contributed by atoms with E-state index in [4.69, 9.17) is 23.1 Å². The SMILES string of the molecule is Nc1cc(N2CCC[C@](CO)(Cc3cccc(Cl)c3)C2)nc(N)n1. The molecular formula is C17H22ClN5O. The van der Waals surface area contributed by atoms with Crippen molar-refractivity contribution in [3.63, 3.8) is 0 Å². The molecule has 0 bridgehead atoms. The smallest absolute Gasteiger partial charge is 0.223 e. The number of halogens is 1. The fourth-order valence-electron chi connectivity index (χ4n) is 3.45. The summed E-state index contributed by atoms with van der Waals surface area (Å²) in [6, 6.07) is 9.52. The van der Waals surface area contributed by atoms with E-state index >= 15 is 0 Å². The monoisotopic (exact) mass is 347 g/mol. The van der Waals surface area contributed by atoms with Crippen molar-refractivity contribution in [1.29, 1.82) is 0 Å². The van der Waals surface area contributed by atoms with Crippen molar-refractivity contribution in [3.05, 3.63) is 40.9 Å². The Morgan fingerprint density at radius 2 is 2.08 bits per heavy atom.